The third-order valence-electron chi connectivity index (χ3n) is 3.92. The van der Waals surface area contributed by atoms with Gasteiger partial charge in [-0.2, -0.15) is 0 Å². The standard InChI is InChI=1S/C21H13FO3/c22-18-12-6-8-15-13-14-7-4-5-11-17(14)20(19(15)18)25-21(23)24-16-9-2-1-3-10-16/h1-13H. The predicted molar refractivity (Wildman–Crippen MR) is 94.5 cm³/mol. The van der Waals surface area contributed by atoms with E-state index in [0.717, 1.165) is 5.39 Å². The second-order valence-electron chi connectivity index (χ2n) is 5.53. The van der Waals surface area contributed by atoms with Gasteiger partial charge in [0.1, 0.15) is 11.6 Å². The van der Waals surface area contributed by atoms with Crippen molar-refractivity contribution in [3.63, 3.8) is 0 Å². The minimum Gasteiger partial charge on any atom is -0.395 e. The summed E-state index contributed by atoms with van der Waals surface area (Å²) in [7, 11) is 0. The number of halogens is 1. The van der Waals surface area contributed by atoms with Crippen molar-refractivity contribution in [2.75, 3.05) is 0 Å². The number of benzene rings is 4. The quantitative estimate of drug-likeness (QED) is 0.268. The van der Waals surface area contributed by atoms with E-state index in [9.17, 15) is 9.18 Å². The molecule has 0 spiro atoms. The van der Waals surface area contributed by atoms with Crippen LogP contribution in [0.25, 0.3) is 21.5 Å². The van der Waals surface area contributed by atoms with Gasteiger partial charge in [-0.15, -0.1) is 0 Å². The maximum Gasteiger partial charge on any atom is 0.519 e. The Bertz CT molecular complexity index is 1070. The van der Waals surface area contributed by atoms with Crippen molar-refractivity contribution in [2.24, 2.45) is 0 Å². The molecule has 0 aromatic heterocycles. The van der Waals surface area contributed by atoms with Crippen molar-refractivity contribution in [1.29, 1.82) is 0 Å². The van der Waals surface area contributed by atoms with E-state index in [1.807, 2.05) is 30.3 Å². The Morgan fingerprint density at radius 1 is 0.760 bits per heavy atom. The number of carbonyl (C=O) groups is 1. The number of fused-ring (bicyclic) bond motifs is 2. The summed E-state index contributed by atoms with van der Waals surface area (Å²) in [5.41, 5.74) is 0. The first-order chi connectivity index (χ1) is 12.2. The van der Waals surface area contributed by atoms with E-state index < -0.39 is 12.0 Å². The van der Waals surface area contributed by atoms with Crippen molar-refractivity contribution in [3.05, 3.63) is 84.7 Å². The molecule has 0 bridgehead atoms. The Balaban J connectivity index is 1.82. The van der Waals surface area contributed by atoms with Gasteiger partial charge in [0.25, 0.3) is 0 Å². The van der Waals surface area contributed by atoms with E-state index in [-0.39, 0.29) is 11.1 Å². The Hall–Kier alpha value is -3.40. The summed E-state index contributed by atoms with van der Waals surface area (Å²) in [4.78, 5) is 12.2. The van der Waals surface area contributed by atoms with Crippen LogP contribution in [0.3, 0.4) is 0 Å². The molecule has 0 aliphatic carbocycles. The summed E-state index contributed by atoms with van der Waals surface area (Å²) < 4.78 is 25.0. The van der Waals surface area contributed by atoms with E-state index >= 15 is 0 Å². The van der Waals surface area contributed by atoms with Gasteiger partial charge in [-0.3, -0.25) is 0 Å². The fourth-order valence-electron chi connectivity index (χ4n) is 2.83. The first-order valence-electron chi connectivity index (χ1n) is 7.77. The minimum atomic E-state index is -0.910. The van der Waals surface area contributed by atoms with Gasteiger partial charge >= 0.3 is 6.16 Å². The molecule has 25 heavy (non-hydrogen) atoms. The van der Waals surface area contributed by atoms with Crippen molar-refractivity contribution in [2.45, 2.75) is 0 Å². The van der Waals surface area contributed by atoms with Crippen molar-refractivity contribution in [1.82, 2.24) is 0 Å². The van der Waals surface area contributed by atoms with Crippen LogP contribution in [0.15, 0.2) is 78.9 Å². The van der Waals surface area contributed by atoms with Gasteiger partial charge in [-0.05, 0) is 35.0 Å². The van der Waals surface area contributed by atoms with Crippen LogP contribution in [0.4, 0.5) is 9.18 Å². The van der Waals surface area contributed by atoms with Crippen LogP contribution in [0.5, 0.6) is 11.5 Å². The lowest BCUT2D eigenvalue weighted by Gasteiger charge is -2.12. The van der Waals surface area contributed by atoms with Gasteiger partial charge in [0.15, 0.2) is 5.75 Å². The minimum absolute atomic E-state index is 0.159. The highest BCUT2D eigenvalue weighted by Gasteiger charge is 2.17. The van der Waals surface area contributed by atoms with Crippen molar-refractivity contribution in [3.8, 4) is 11.5 Å². The summed E-state index contributed by atoms with van der Waals surface area (Å²) in [6.45, 7) is 0. The second kappa shape index (κ2) is 6.24. The molecule has 0 heterocycles. The monoisotopic (exact) mass is 332 g/mol. The number of ether oxygens (including phenoxy) is 2. The summed E-state index contributed by atoms with van der Waals surface area (Å²) in [5.74, 6) is 0.0652. The number of para-hydroxylation sites is 1. The molecule has 0 atom stereocenters. The maximum atomic E-state index is 14.4. The molecule has 4 rings (SSSR count). The van der Waals surface area contributed by atoms with Gasteiger partial charge in [0.05, 0.1) is 5.39 Å². The predicted octanol–water partition coefficient (Wildman–Crippen LogP) is 5.71. The lowest BCUT2D eigenvalue weighted by Crippen LogP contribution is -2.14. The summed E-state index contributed by atoms with van der Waals surface area (Å²) in [6, 6.07) is 22.5. The number of carbonyl (C=O) groups excluding carboxylic acids is 1. The van der Waals surface area contributed by atoms with E-state index in [4.69, 9.17) is 9.47 Å². The van der Waals surface area contributed by atoms with Gasteiger partial charge in [-0.25, -0.2) is 9.18 Å². The van der Waals surface area contributed by atoms with Crippen LogP contribution >= 0.6 is 0 Å². The molecular formula is C21H13FO3. The Labute approximate surface area is 143 Å². The highest BCUT2D eigenvalue weighted by molar-refractivity contribution is 6.06. The molecule has 0 radical (unpaired) electrons. The van der Waals surface area contributed by atoms with Gasteiger partial charge < -0.3 is 9.47 Å². The normalized spacial score (nSPS) is 10.8. The fraction of sp³-hybridized carbons (Fsp3) is 0. The van der Waals surface area contributed by atoms with E-state index in [2.05, 4.69) is 0 Å². The van der Waals surface area contributed by atoms with Crippen molar-refractivity contribution >= 4 is 27.7 Å². The van der Waals surface area contributed by atoms with E-state index in [0.29, 0.717) is 16.5 Å². The highest BCUT2D eigenvalue weighted by atomic mass is 19.1. The smallest absolute Gasteiger partial charge is 0.395 e. The molecule has 0 N–H and O–H groups in total. The number of rotatable bonds is 2. The SMILES string of the molecule is O=C(Oc1ccccc1)Oc1c2ccccc2cc2cccc(F)c12. The first-order valence-corrected chi connectivity index (χ1v) is 7.77. The van der Waals surface area contributed by atoms with Gasteiger partial charge in [0, 0.05) is 5.39 Å². The first kappa shape index (κ1) is 15.1. The summed E-state index contributed by atoms with van der Waals surface area (Å²) in [6.07, 6.45) is -0.910. The van der Waals surface area contributed by atoms with E-state index in [1.165, 1.54) is 6.07 Å². The zero-order chi connectivity index (χ0) is 17.2. The lowest BCUT2D eigenvalue weighted by molar-refractivity contribution is 0.153. The largest absolute Gasteiger partial charge is 0.519 e. The van der Waals surface area contributed by atoms with E-state index in [1.54, 1.807) is 42.5 Å². The molecular weight excluding hydrogens is 319 g/mol. The molecule has 0 aliphatic rings. The number of hydrogen-bond acceptors (Lipinski definition) is 3. The average molecular weight is 332 g/mol. The molecule has 4 aromatic rings. The maximum absolute atomic E-state index is 14.4. The van der Waals surface area contributed by atoms with Crippen LogP contribution in [0.1, 0.15) is 0 Å². The molecule has 4 heteroatoms. The highest BCUT2D eigenvalue weighted by Crippen LogP contribution is 2.36. The third kappa shape index (κ3) is 2.90. The third-order valence-corrected chi connectivity index (χ3v) is 3.92. The van der Waals surface area contributed by atoms with Crippen LogP contribution in [0, 0.1) is 5.82 Å². The average Bonchev–Trinajstić information content (AvgIpc) is 2.62. The lowest BCUT2D eigenvalue weighted by atomic mass is 10.0. The molecule has 0 saturated carbocycles. The van der Waals surface area contributed by atoms with Crippen molar-refractivity contribution < 1.29 is 18.7 Å². The molecule has 0 aliphatic heterocycles. The molecule has 0 fully saturated rings. The van der Waals surface area contributed by atoms with Crippen LogP contribution in [-0.2, 0) is 0 Å². The molecule has 4 aromatic carbocycles. The zero-order valence-corrected chi connectivity index (χ0v) is 13.1. The van der Waals surface area contributed by atoms with Gasteiger partial charge in [0.2, 0.25) is 0 Å². The molecule has 3 nitrogen and oxygen atoms in total. The van der Waals surface area contributed by atoms with Crippen LogP contribution in [-0.4, -0.2) is 6.16 Å². The Morgan fingerprint density at radius 2 is 1.48 bits per heavy atom. The van der Waals surface area contributed by atoms with Gasteiger partial charge in [-0.1, -0.05) is 54.6 Å². The Morgan fingerprint density at radius 3 is 2.32 bits per heavy atom. The molecule has 122 valence electrons. The number of hydrogen-bond donors (Lipinski definition) is 0. The fourth-order valence-corrected chi connectivity index (χ4v) is 2.83. The van der Waals surface area contributed by atoms with Crippen LogP contribution < -0.4 is 9.47 Å². The summed E-state index contributed by atoms with van der Waals surface area (Å²) in [5, 5.41) is 2.40. The van der Waals surface area contributed by atoms with Crippen LogP contribution in [0.2, 0.25) is 0 Å². The molecule has 0 saturated heterocycles. The topological polar surface area (TPSA) is 35.5 Å². The second-order valence-corrected chi connectivity index (χ2v) is 5.53. The zero-order valence-electron chi connectivity index (χ0n) is 13.1. The Kier molecular flexibility index (Phi) is 3.78. The molecule has 0 unspecified atom stereocenters. The molecule has 0 amide bonds. The summed E-state index contributed by atoms with van der Waals surface area (Å²) >= 11 is 0.